The summed E-state index contributed by atoms with van der Waals surface area (Å²) in [4.78, 5) is 0. The van der Waals surface area contributed by atoms with Gasteiger partial charge in [0.2, 0.25) is 0 Å². The third-order valence-electron chi connectivity index (χ3n) is 2.84. The molecule has 0 aliphatic carbocycles. The lowest BCUT2D eigenvalue weighted by Gasteiger charge is -2.17. The molecule has 2 aromatic carbocycles. The maximum atomic E-state index is 6.13. The number of nitrogens with one attached hydrogen (secondary N) is 1. The summed E-state index contributed by atoms with van der Waals surface area (Å²) in [5.41, 5.74) is 2.10. The number of hydrogen-bond donors (Lipinski definition) is 1. The predicted molar refractivity (Wildman–Crippen MR) is 76.5 cm³/mol. The Morgan fingerprint density at radius 3 is 2.61 bits per heavy atom. The molecule has 18 heavy (non-hydrogen) atoms. The minimum Gasteiger partial charge on any atom is -0.497 e. The van der Waals surface area contributed by atoms with Crippen molar-refractivity contribution in [1.82, 2.24) is 0 Å². The normalized spacial score (nSPS) is 11.9. The van der Waals surface area contributed by atoms with E-state index >= 15 is 0 Å². The minimum atomic E-state index is 0.167. The van der Waals surface area contributed by atoms with Crippen molar-refractivity contribution in [3.05, 3.63) is 59.1 Å². The van der Waals surface area contributed by atoms with Crippen molar-refractivity contribution in [3.63, 3.8) is 0 Å². The van der Waals surface area contributed by atoms with Gasteiger partial charge in [-0.05, 0) is 36.8 Å². The molecule has 1 unspecified atom stereocenters. The van der Waals surface area contributed by atoms with Crippen molar-refractivity contribution >= 4 is 17.3 Å². The molecular weight excluding hydrogens is 246 g/mol. The number of methoxy groups -OCH3 is 1. The van der Waals surface area contributed by atoms with Crippen molar-refractivity contribution in [2.75, 3.05) is 12.4 Å². The van der Waals surface area contributed by atoms with E-state index < -0.39 is 0 Å². The summed E-state index contributed by atoms with van der Waals surface area (Å²) in [6.45, 7) is 2.10. The fourth-order valence-electron chi connectivity index (χ4n) is 1.81. The van der Waals surface area contributed by atoms with Crippen LogP contribution in [-0.2, 0) is 0 Å². The molecule has 1 N–H and O–H groups in total. The van der Waals surface area contributed by atoms with Crippen LogP contribution in [0.5, 0.6) is 5.75 Å². The van der Waals surface area contributed by atoms with Gasteiger partial charge in [0.25, 0.3) is 0 Å². The molecule has 0 bridgehead atoms. The Kier molecular flexibility index (Phi) is 4.11. The van der Waals surface area contributed by atoms with Gasteiger partial charge in [-0.2, -0.15) is 0 Å². The lowest BCUT2D eigenvalue weighted by Crippen LogP contribution is -2.06. The van der Waals surface area contributed by atoms with E-state index in [0.29, 0.717) is 0 Å². The van der Waals surface area contributed by atoms with Crippen molar-refractivity contribution < 1.29 is 4.74 Å². The van der Waals surface area contributed by atoms with Crippen LogP contribution in [0, 0.1) is 0 Å². The molecule has 0 radical (unpaired) electrons. The van der Waals surface area contributed by atoms with Crippen LogP contribution >= 0.6 is 11.6 Å². The fraction of sp³-hybridized carbons (Fsp3) is 0.200. The van der Waals surface area contributed by atoms with Crippen LogP contribution in [0.25, 0.3) is 0 Å². The summed E-state index contributed by atoms with van der Waals surface area (Å²) < 4.78 is 5.23. The number of hydrogen-bond acceptors (Lipinski definition) is 2. The second-order valence-electron chi connectivity index (χ2n) is 4.12. The van der Waals surface area contributed by atoms with E-state index in [1.165, 1.54) is 0 Å². The van der Waals surface area contributed by atoms with Crippen LogP contribution < -0.4 is 10.1 Å². The van der Waals surface area contributed by atoms with Crippen molar-refractivity contribution in [2.24, 2.45) is 0 Å². The van der Waals surface area contributed by atoms with E-state index in [9.17, 15) is 0 Å². The van der Waals surface area contributed by atoms with E-state index in [-0.39, 0.29) is 6.04 Å². The molecule has 2 nitrogen and oxygen atoms in total. The smallest absolute Gasteiger partial charge is 0.119 e. The third kappa shape index (κ3) is 2.96. The van der Waals surface area contributed by atoms with E-state index in [4.69, 9.17) is 16.3 Å². The van der Waals surface area contributed by atoms with E-state index in [1.807, 2.05) is 42.5 Å². The zero-order valence-electron chi connectivity index (χ0n) is 10.5. The van der Waals surface area contributed by atoms with Crippen LogP contribution in [0.4, 0.5) is 5.69 Å². The Bertz CT molecular complexity index is 527. The molecular formula is C15H16ClNO. The molecule has 0 aromatic heterocycles. The summed E-state index contributed by atoms with van der Waals surface area (Å²) >= 11 is 6.13. The molecule has 0 aliphatic rings. The first-order valence-corrected chi connectivity index (χ1v) is 6.23. The predicted octanol–water partition coefficient (Wildman–Crippen LogP) is 4.52. The molecule has 0 aliphatic heterocycles. The maximum absolute atomic E-state index is 6.13. The molecule has 0 spiro atoms. The van der Waals surface area contributed by atoms with Crippen molar-refractivity contribution in [2.45, 2.75) is 13.0 Å². The highest BCUT2D eigenvalue weighted by molar-refractivity contribution is 6.33. The highest BCUT2D eigenvalue weighted by Crippen LogP contribution is 2.27. The van der Waals surface area contributed by atoms with Gasteiger partial charge < -0.3 is 10.1 Å². The first-order chi connectivity index (χ1) is 8.70. The molecule has 0 amide bonds. The van der Waals surface area contributed by atoms with Gasteiger partial charge in [-0.15, -0.1) is 0 Å². The number of rotatable bonds is 4. The zero-order valence-corrected chi connectivity index (χ0v) is 11.2. The number of para-hydroxylation sites is 1. The van der Waals surface area contributed by atoms with Crippen LogP contribution in [0.2, 0.25) is 5.02 Å². The molecule has 0 saturated heterocycles. The Labute approximate surface area is 113 Å². The second-order valence-corrected chi connectivity index (χ2v) is 4.53. The highest BCUT2D eigenvalue weighted by Gasteiger charge is 2.07. The van der Waals surface area contributed by atoms with Crippen LogP contribution in [0.15, 0.2) is 48.5 Å². The second kappa shape index (κ2) is 5.78. The topological polar surface area (TPSA) is 21.3 Å². The SMILES string of the molecule is COc1cccc(C(C)Nc2ccccc2Cl)c1. The third-order valence-corrected chi connectivity index (χ3v) is 3.17. The van der Waals surface area contributed by atoms with Gasteiger partial charge in [-0.1, -0.05) is 35.9 Å². The number of anilines is 1. The first kappa shape index (κ1) is 12.8. The number of halogens is 1. The van der Waals surface area contributed by atoms with Crippen LogP contribution in [0.3, 0.4) is 0 Å². The quantitative estimate of drug-likeness (QED) is 0.874. The number of benzene rings is 2. The van der Waals surface area contributed by atoms with Gasteiger partial charge in [0.05, 0.1) is 17.8 Å². The first-order valence-electron chi connectivity index (χ1n) is 5.85. The molecule has 2 rings (SSSR count). The molecule has 0 heterocycles. The van der Waals surface area contributed by atoms with Gasteiger partial charge in [0.1, 0.15) is 5.75 Å². The largest absolute Gasteiger partial charge is 0.497 e. The Morgan fingerprint density at radius 2 is 1.89 bits per heavy atom. The van der Waals surface area contributed by atoms with E-state index in [1.54, 1.807) is 7.11 Å². The summed E-state index contributed by atoms with van der Waals surface area (Å²) in [7, 11) is 1.67. The molecule has 0 fully saturated rings. The standard InChI is InChI=1S/C15H16ClNO/c1-11(12-6-5-7-13(10-12)18-2)17-15-9-4-3-8-14(15)16/h3-11,17H,1-2H3. The highest BCUT2D eigenvalue weighted by atomic mass is 35.5. The van der Waals surface area contributed by atoms with Gasteiger partial charge in [0.15, 0.2) is 0 Å². The molecule has 1 atom stereocenters. The Balaban J connectivity index is 2.16. The Morgan fingerprint density at radius 1 is 1.11 bits per heavy atom. The summed E-state index contributed by atoms with van der Waals surface area (Å²) in [6.07, 6.45) is 0. The van der Waals surface area contributed by atoms with Gasteiger partial charge >= 0.3 is 0 Å². The van der Waals surface area contributed by atoms with Gasteiger partial charge in [0, 0.05) is 6.04 Å². The lowest BCUT2D eigenvalue weighted by molar-refractivity contribution is 0.414. The van der Waals surface area contributed by atoms with E-state index in [0.717, 1.165) is 22.0 Å². The minimum absolute atomic E-state index is 0.167. The summed E-state index contributed by atoms with van der Waals surface area (Å²) in [5, 5.41) is 4.12. The Hall–Kier alpha value is -1.67. The van der Waals surface area contributed by atoms with Gasteiger partial charge in [-0.3, -0.25) is 0 Å². The lowest BCUT2D eigenvalue weighted by atomic mass is 10.1. The number of ether oxygens (including phenoxy) is 1. The molecule has 94 valence electrons. The summed E-state index contributed by atoms with van der Waals surface area (Å²) in [6, 6.07) is 15.9. The average Bonchev–Trinajstić information content (AvgIpc) is 2.41. The summed E-state index contributed by atoms with van der Waals surface area (Å²) in [5.74, 6) is 0.861. The van der Waals surface area contributed by atoms with Gasteiger partial charge in [-0.25, -0.2) is 0 Å². The molecule has 3 heteroatoms. The monoisotopic (exact) mass is 261 g/mol. The van der Waals surface area contributed by atoms with Crippen molar-refractivity contribution in [3.8, 4) is 5.75 Å². The fourth-order valence-corrected chi connectivity index (χ4v) is 2.00. The van der Waals surface area contributed by atoms with Crippen LogP contribution in [0.1, 0.15) is 18.5 Å². The molecule has 0 saturated carbocycles. The maximum Gasteiger partial charge on any atom is 0.119 e. The molecule has 2 aromatic rings. The zero-order chi connectivity index (χ0) is 13.0. The van der Waals surface area contributed by atoms with Crippen LogP contribution in [-0.4, -0.2) is 7.11 Å². The van der Waals surface area contributed by atoms with Crippen molar-refractivity contribution in [1.29, 1.82) is 0 Å². The average molecular weight is 262 g/mol. The van der Waals surface area contributed by atoms with E-state index in [2.05, 4.69) is 18.3 Å².